The molecule has 1 amide bonds. The van der Waals surface area contributed by atoms with Gasteiger partial charge in [0.05, 0.1) is 36.4 Å². The first-order valence-corrected chi connectivity index (χ1v) is 10.8. The van der Waals surface area contributed by atoms with Gasteiger partial charge >= 0.3 is 51.4 Å². The number of anilines is 1. The molecular weight excluding hydrogens is 476 g/mol. The molecular formula is C23H28ClFKN3O4. The monoisotopic (exact) mass is 503 g/mol. The van der Waals surface area contributed by atoms with E-state index in [1.54, 1.807) is 19.2 Å². The Morgan fingerprint density at radius 2 is 2.00 bits per heavy atom. The Bertz CT molecular complexity index is 919. The van der Waals surface area contributed by atoms with Crippen molar-refractivity contribution < 1.29 is 74.8 Å². The number of carbonyl (C=O) groups excluding carboxylic acids is 1. The minimum Gasteiger partial charge on any atom is -0.644 e. The molecule has 174 valence electrons. The van der Waals surface area contributed by atoms with Gasteiger partial charge < -0.3 is 35.0 Å². The maximum Gasteiger partial charge on any atom is 1.00 e. The van der Waals surface area contributed by atoms with Gasteiger partial charge in [-0.05, 0) is 43.3 Å². The number of likely N-dealkylation sites (tertiary alicyclic amines) is 1. The fourth-order valence-electron chi connectivity index (χ4n) is 3.68. The standard InChI is InChI=1S/C23H29ClFN3O4.K/c1-30-21-13-19(26)18(24)12-17(21)23(29)27-20-8-10-28(14-22(20)31-2)9-3-11-32-16-6-4-15(25)5-7-16;/h4-7,12-13,20,22H,3,8-11,14H2,1-2H3,(H3,26,27,29);/q;+1/p-1. The van der Waals surface area contributed by atoms with Crippen LogP contribution in [0.4, 0.5) is 10.1 Å². The number of nitrogens with zero attached hydrogens (tertiary/aromatic N) is 2. The van der Waals surface area contributed by atoms with Gasteiger partial charge in [0.25, 0.3) is 0 Å². The van der Waals surface area contributed by atoms with Crippen molar-refractivity contribution >= 4 is 23.2 Å². The molecule has 0 spiro atoms. The van der Waals surface area contributed by atoms with E-state index in [0.29, 0.717) is 36.8 Å². The van der Waals surface area contributed by atoms with Crippen molar-refractivity contribution in [2.45, 2.75) is 25.0 Å². The summed E-state index contributed by atoms with van der Waals surface area (Å²) in [5.41, 5.74) is 6.41. The van der Waals surface area contributed by atoms with Crippen LogP contribution in [0, 0.1) is 5.82 Å². The molecule has 0 saturated carbocycles. The van der Waals surface area contributed by atoms with Gasteiger partial charge in [0.1, 0.15) is 17.3 Å². The molecule has 33 heavy (non-hydrogen) atoms. The number of nitrogen functional groups attached to an aromatic ring is 1. The van der Waals surface area contributed by atoms with Gasteiger partial charge in [-0.1, -0.05) is 24.1 Å². The van der Waals surface area contributed by atoms with Gasteiger partial charge in [-0.25, -0.2) is 4.39 Å². The molecule has 10 heteroatoms. The minimum absolute atomic E-state index is 0. The smallest absolute Gasteiger partial charge is 0.644 e. The summed E-state index contributed by atoms with van der Waals surface area (Å²) < 4.78 is 29.5. The van der Waals surface area contributed by atoms with E-state index in [9.17, 15) is 9.18 Å². The Balaban J connectivity index is 0.00000385. The summed E-state index contributed by atoms with van der Waals surface area (Å²) in [7, 11) is 3.09. The zero-order chi connectivity index (χ0) is 23.1. The zero-order valence-corrected chi connectivity index (χ0v) is 23.1. The maximum absolute atomic E-state index is 12.9. The van der Waals surface area contributed by atoms with E-state index >= 15 is 0 Å². The molecule has 0 aromatic heterocycles. The van der Waals surface area contributed by atoms with Gasteiger partial charge in [-0.3, -0.25) is 0 Å². The maximum atomic E-state index is 12.9. The molecule has 3 rings (SSSR count). The first kappa shape index (κ1) is 28.3. The van der Waals surface area contributed by atoms with Crippen molar-refractivity contribution in [3.8, 4) is 11.5 Å². The summed E-state index contributed by atoms with van der Waals surface area (Å²) in [6, 6.07) is 8.73. The number of halogens is 2. The number of hydrogen-bond acceptors (Lipinski definition) is 6. The molecule has 0 aliphatic carbocycles. The summed E-state index contributed by atoms with van der Waals surface area (Å²) in [5, 5.41) is 4.67. The number of rotatable bonds is 9. The average Bonchev–Trinajstić information content (AvgIpc) is 2.80. The first-order valence-electron chi connectivity index (χ1n) is 10.4. The quantitative estimate of drug-likeness (QED) is 0.314. The number of piperidine rings is 1. The zero-order valence-electron chi connectivity index (χ0n) is 19.2. The average molecular weight is 504 g/mol. The van der Waals surface area contributed by atoms with Gasteiger partial charge in [-0.15, -0.1) is 0 Å². The van der Waals surface area contributed by atoms with Gasteiger partial charge in [0, 0.05) is 31.8 Å². The Kier molecular flexibility index (Phi) is 11.9. The molecule has 7 nitrogen and oxygen atoms in total. The molecule has 1 aliphatic rings. The third-order valence-corrected chi connectivity index (χ3v) is 5.77. The molecule has 1 saturated heterocycles. The summed E-state index contributed by atoms with van der Waals surface area (Å²) in [6.45, 7) is 2.80. The largest absolute Gasteiger partial charge is 1.00 e. The van der Waals surface area contributed by atoms with Crippen molar-refractivity contribution in [2.24, 2.45) is 0 Å². The number of amides is 1. The van der Waals surface area contributed by atoms with Crippen LogP contribution >= 0.6 is 11.6 Å². The van der Waals surface area contributed by atoms with Crippen LogP contribution < -0.4 is 66.6 Å². The molecule has 1 heterocycles. The van der Waals surface area contributed by atoms with Crippen molar-refractivity contribution in [3.63, 3.8) is 0 Å². The van der Waals surface area contributed by atoms with Gasteiger partial charge in [-0.2, -0.15) is 0 Å². The Morgan fingerprint density at radius 3 is 2.67 bits per heavy atom. The van der Waals surface area contributed by atoms with Crippen LogP contribution in [0.25, 0.3) is 5.32 Å². The Hall–Kier alpha value is -0.914. The van der Waals surface area contributed by atoms with Crippen molar-refractivity contribution in [3.05, 3.63) is 58.1 Å². The van der Waals surface area contributed by atoms with E-state index in [-0.39, 0.29) is 79.9 Å². The second-order valence-corrected chi connectivity index (χ2v) is 8.00. The van der Waals surface area contributed by atoms with Crippen LogP contribution in [0.5, 0.6) is 11.5 Å². The molecule has 1 fully saturated rings. The van der Waals surface area contributed by atoms with E-state index in [0.717, 1.165) is 19.5 Å². The summed E-state index contributed by atoms with van der Waals surface area (Å²) in [6.07, 6.45) is 1.30. The molecule has 2 atom stereocenters. The van der Waals surface area contributed by atoms with Crippen LogP contribution in [-0.4, -0.2) is 63.4 Å². The summed E-state index contributed by atoms with van der Waals surface area (Å²) in [4.78, 5) is 15.1. The molecule has 0 bridgehead atoms. The number of benzene rings is 2. The molecule has 2 N–H and O–H groups in total. The van der Waals surface area contributed by atoms with Gasteiger partial charge in [0.15, 0.2) is 0 Å². The molecule has 1 aliphatic heterocycles. The van der Waals surface area contributed by atoms with E-state index in [4.69, 9.17) is 31.5 Å². The normalized spacial score (nSPS) is 18.3. The van der Waals surface area contributed by atoms with Crippen LogP contribution in [0.2, 0.25) is 5.02 Å². The topological polar surface area (TPSA) is 88.1 Å². The number of nitrogens with two attached hydrogens (primary N) is 1. The first-order chi connectivity index (χ1) is 15.4. The van der Waals surface area contributed by atoms with E-state index in [1.165, 1.54) is 31.4 Å². The van der Waals surface area contributed by atoms with Crippen LogP contribution in [0.15, 0.2) is 36.4 Å². The summed E-state index contributed by atoms with van der Waals surface area (Å²) in [5.74, 6) is 0.299. The van der Waals surface area contributed by atoms with Crippen LogP contribution in [0.1, 0.15) is 23.2 Å². The second-order valence-electron chi connectivity index (χ2n) is 7.59. The van der Waals surface area contributed by atoms with Crippen molar-refractivity contribution in [2.75, 3.05) is 46.2 Å². The second kappa shape index (κ2) is 13.8. The van der Waals surface area contributed by atoms with Gasteiger partial charge in [0.2, 0.25) is 0 Å². The number of ether oxygens (including phenoxy) is 3. The third kappa shape index (κ3) is 8.07. The van der Waals surface area contributed by atoms with Crippen molar-refractivity contribution in [1.82, 2.24) is 4.90 Å². The predicted molar refractivity (Wildman–Crippen MR) is 122 cm³/mol. The van der Waals surface area contributed by atoms with E-state index in [2.05, 4.69) is 10.2 Å². The molecule has 2 aromatic rings. The number of methoxy groups -OCH3 is 2. The molecule has 2 aromatic carbocycles. The fourth-order valence-corrected chi connectivity index (χ4v) is 3.85. The van der Waals surface area contributed by atoms with Crippen LogP contribution in [0.3, 0.4) is 0 Å². The molecule has 0 radical (unpaired) electrons. The Morgan fingerprint density at radius 1 is 1.27 bits per heavy atom. The summed E-state index contributed by atoms with van der Waals surface area (Å²) >= 11 is 6.08. The predicted octanol–water partition coefficient (Wildman–Crippen LogP) is 1.15. The number of hydrogen-bond donors (Lipinski definition) is 1. The van der Waals surface area contributed by atoms with Crippen LogP contribution in [-0.2, 0) is 4.74 Å². The minimum atomic E-state index is -0.406. The van der Waals surface area contributed by atoms with E-state index in [1.807, 2.05) is 0 Å². The van der Waals surface area contributed by atoms with E-state index < -0.39 is 5.91 Å². The third-order valence-electron chi connectivity index (χ3n) is 5.44. The SMILES string of the molecule is COc1cc(N)c(Cl)cc1C(=O)[N-]C1CCN(CCCOc2ccc(F)cc2)CC1OC.[K+]. The Labute approximate surface area is 241 Å². The van der Waals surface area contributed by atoms with Crippen molar-refractivity contribution in [1.29, 1.82) is 0 Å². The molecule has 2 unspecified atom stereocenters. The number of carbonyl (C=O) groups is 1. The fraction of sp³-hybridized carbons (Fsp3) is 0.435.